The zero-order valence-electron chi connectivity index (χ0n) is 12.1. The van der Waals surface area contributed by atoms with Crippen LogP contribution in [0.2, 0.25) is 0 Å². The SMILES string of the molecule is NC(=NO)N1CCC2(C1)Oc1ccccc1C2n1cccc1. The number of hydrogen-bond donors (Lipinski definition) is 2. The number of fused-ring (bicyclic) bond motifs is 1. The van der Waals surface area contributed by atoms with Crippen molar-refractivity contribution in [2.75, 3.05) is 13.1 Å². The second-order valence-electron chi connectivity index (χ2n) is 5.87. The lowest BCUT2D eigenvalue weighted by Gasteiger charge is -2.31. The molecule has 2 unspecified atom stereocenters. The van der Waals surface area contributed by atoms with Gasteiger partial charge in [-0.15, -0.1) is 0 Å². The van der Waals surface area contributed by atoms with Crippen molar-refractivity contribution in [1.82, 2.24) is 9.47 Å². The molecule has 6 heteroatoms. The molecule has 1 aromatic carbocycles. The summed E-state index contributed by atoms with van der Waals surface area (Å²) in [6.07, 6.45) is 4.94. The van der Waals surface area contributed by atoms with Gasteiger partial charge in [0.15, 0.2) is 5.60 Å². The topological polar surface area (TPSA) is 76.0 Å². The third-order valence-electron chi connectivity index (χ3n) is 4.64. The molecule has 0 amide bonds. The molecule has 114 valence electrons. The molecule has 1 fully saturated rings. The van der Waals surface area contributed by atoms with E-state index >= 15 is 0 Å². The van der Waals surface area contributed by atoms with E-state index in [1.165, 1.54) is 5.56 Å². The van der Waals surface area contributed by atoms with E-state index in [0.29, 0.717) is 13.1 Å². The number of ether oxygens (including phenoxy) is 1. The summed E-state index contributed by atoms with van der Waals surface area (Å²) in [4.78, 5) is 1.86. The number of likely N-dealkylation sites (tertiary alicyclic amines) is 1. The Morgan fingerprint density at radius 1 is 1.27 bits per heavy atom. The second kappa shape index (κ2) is 4.69. The molecule has 2 aromatic rings. The molecule has 2 atom stereocenters. The lowest BCUT2D eigenvalue weighted by atomic mass is 9.90. The van der Waals surface area contributed by atoms with Crippen molar-refractivity contribution >= 4 is 5.96 Å². The number of guanidine groups is 1. The molecule has 1 aromatic heterocycles. The maximum Gasteiger partial charge on any atom is 0.233 e. The number of oxime groups is 1. The molecule has 2 aliphatic heterocycles. The predicted molar refractivity (Wildman–Crippen MR) is 82.0 cm³/mol. The van der Waals surface area contributed by atoms with E-state index in [1.807, 2.05) is 35.2 Å². The summed E-state index contributed by atoms with van der Waals surface area (Å²) >= 11 is 0. The molecule has 1 saturated heterocycles. The van der Waals surface area contributed by atoms with E-state index in [2.05, 4.69) is 28.2 Å². The van der Waals surface area contributed by atoms with Gasteiger partial charge < -0.3 is 25.1 Å². The van der Waals surface area contributed by atoms with Gasteiger partial charge in [0, 0.05) is 30.9 Å². The first-order chi connectivity index (χ1) is 10.7. The largest absolute Gasteiger partial charge is 0.482 e. The Hall–Kier alpha value is -2.63. The van der Waals surface area contributed by atoms with Crippen LogP contribution < -0.4 is 10.5 Å². The van der Waals surface area contributed by atoms with Crippen LogP contribution in [0.4, 0.5) is 0 Å². The molecule has 0 radical (unpaired) electrons. The highest BCUT2D eigenvalue weighted by Crippen LogP contribution is 2.49. The van der Waals surface area contributed by atoms with Crippen molar-refractivity contribution in [3.05, 3.63) is 54.4 Å². The fourth-order valence-electron chi connectivity index (χ4n) is 3.68. The van der Waals surface area contributed by atoms with E-state index in [1.54, 1.807) is 0 Å². The molecule has 3 N–H and O–H groups in total. The van der Waals surface area contributed by atoms with Gasteiger partial charge >= 0.3 is 0 Å². The molecule has 1 spiro atoms. The van der Waals surface area contributed by atoms with Crippen LogP contribution in [-0.4, -0.2) is 39.3 Å². The molecule has 2 aliphatic rings. The number of aromatic nitrogens is 1. The Morgan fingerprint density at radius 2 is 2.05 bits per heavy atom. The first kappa shape index (κ1) is 13.1. The predicted octanol–water partition coefficient (Wildman–Crippen LogP) is 1.62. The standard InChI is InChI=1S/C16H18N4O2/c17-15(18-21)20-10-7-16(11-20)14(19-8-3-4-9-19)12-5-1-2-6-13(12)22-16/h1-6,8-9,14,21H,7,10-11H2,(H2,17,18). The Morgan fingerprint density at radius 3 is 2.82 bits per heavy atom. The monoisotopic (exact) mass is 298 g/mol. The van der Waals surface area contributed by atoms with Crippen LogP contribution in [0.1, 0.15) is 18.0 Å². The van der Waals surface area contributed by atoms with Crippen LogP contribution in [0, 0.1) is 0 Å². The number of hydrogen-bond acceptors (Lipinski definition) is 3. The molecule has 0 aliphatic carbocycles. The van der Waals surface area contributed by atoms with Crippen LogP contribution in [0.15, 0.2) is 53.9 Å². The summed E-state index contributed by atoms with van der Waals surface area (Å²) in [5.74, 6) is 1.06. The summed E-state index contributed by atoms with van der Waals surface area (Å²) in [7, 11) is 0. The Balaban J connectivity index is 1.77. The average Bonchev–Trinajstić information content (AvgIpc) is 3.25. The number of nitrogens with two attached hydrogens (primary N) is 1. The third-order valence-corrected chi connectivity index (χ3v) is 4.64. The summed E-state index contributed by atoms with van der Waals surface area (Å²) in [6.45, 7) is 1.31. The number of rotatable bonds is 1. The molecule has 22 heavy (non-hydrogen) atoms. The van der Waals surface area contributed by atoms with E-state index in [9.17, 15) is 0 Å². The van der Waals surface area contributed by atoms with E-state index < -0.39 is 5.60 Å². The number of para-hydroxylation sites is 1. The lowest BCUT2D eigenvalue weighted by Crippen LogP contribution is -2.46. The van der Waals surface area contributed by atoms with Gasteiger partial charge in [-0.2, -0.15) is 0 Å². The second-order valence-corrected chi connectivity index (χ2v) is 5.87. The molecular weight excluding hydrogens is 280 g/mol. The van der Waals surface area contributed by atoms with Gasteiger partial charge in [0.2, 0.25) is 5.96 Å². The highest BCUT2D eigenvalue weighted by atomic mass is 16.5. The molecular formula is C16H18N4O2. The smallest absolute Gasteiger partial charge is 0.233 e. The Labute approximate surface area is 128 Å². The maximum atomic E-state index is 8.93. The highest BCUT2D eigenvalue weighted by molar-refractivity contribution is 5.78. The summed E-state index contributed by atoms with van der Waals surface area (Å²) in [6, 6.07) is 12.3. The van der Waals surface area contributed by atoms with E-state index in [0.717, 1.165) is 12.2 Å². The van der Waals surface area contributed by atoms with Crippen molar-refractivity contribution in [3.63, 3.8) is 0 Å². The zero-order chi connectivity index (χ0) is 15.2. The highest BCUT2D eigenvalue weighted by Gasteiger charge is 2.53. The minimum Gasteiger partial charge on any atom is -0.482 e. The first-order valence-electron chi connectivity index (χ1n) is 7.36. The van der Waals surface area contributed by atoms with Crippen molar-refractivity contribution < 1.29 is 9.94 Å². The van der Waals surface area contributed by atoms with Crippen molar-refractivity contribution in [2.45, 2.75) is 18.1 Å². The summed E-state index contributed by atoms with van der Waals surface area (Å²) in [5, 5.41) is 12.0. The molecule has 4 rings (SSSR count). The number of benzene rings is 1. The van der Waals surface area contributed by atoms with Gasteiger partial charge in [0.05, 0.1) is 6.54 Å². The van der Waals surface area contributed by atoms with Crippen LogP contribution in [0.25, 0.3) is 0 Å². The van der Waals surface area contributed by atoms with E-state index in [4.69, 9.17) is 15.7 Å². The van der Waals surface area contributed by atoms with Crippen molar-refractivity contribution in [2.24, 2.45) is 10.9 Å². The molecule has 0 bridgehead atoms. The van der Waals surface area contributed by atoms with Crippen LogP contribution in [0.3, 0.4) is 0 Å². The molecule has 6 nitrogen and oxygen atoms in total. The minimum atomic E-state index is -0.391. The third kappa shape index (κ3) is 1.76. The fourth-order valence-corrected chi connectivity index (χ4v) is 3.68. The van der Waals surface area contributed by atoms with Crippen molar-refractivity contribution in [3.8, 4) is 5.75 Å². The average molecular weight is 298 g/mol. The molecule has 0 saturated carbocycles. The lowest BCUT2D eigenvalue weighted by molar-refractivity contribution is 0.0726. The van der Waals surface area contributed by atoms with Crippen LogP contribution >= 0.6 is 0 Å². The van der Waals surface area contributed by atoms with Gasteiger partial charge in [0.1, 0.15) is 11.8 Å². The van der Waals surface area contributed by atoms with E-state index in [-0.39, 0.29) is 12.0 Å². The Bertz CT molecular complexity index is 713. The normalized spacial score (nSPS) is 27.2. The quantitative estimate of drug-likeness (QED) is 0.363. The summed E-state index contributed by atoms with van der Waals surface area (Å²) in [5.41, 5.74) is 6.55. The van der Waals surface area contributed by atoms with Crippen LogP contribution in [-0.2, 0) is 0 Å². The molecule has 3 heterocycles. The first-order valence-corrected chi connectivity index (χ1v) is 7.36. The number of nitrogens with zero attached hydrogens (tertiary/aromatic N) is 3. The van der Waals surface area contributed by atoms with Gasteiger partial charge in [0.25, 0.3) is 0 Å². The minimum absolute atomic E-state index is 0.0928. The van der Waals surface area contributed by atoms with Crippen molar-refractivity contribution in [1.29, 1.82) is 0 Å². The van der Waals surface area contributed by atoms with Gasteiger partial charge in [-0.25, -0.2) is 0 Å². The fraction of sp³-hybridized carbons (Fsp3) is 0.312. The van der Waals surface area contributed by atoms with Gasteiger partial charge in [-0.3, -0.25) is 0 Å². The van der Waals surface area contributed by atoms with Gasteiger partial charge in [-0.1, -0.05) is 23.4 Å². The maximum absolute atomic E-state index is 8.93. The summed E-state index contributed by atoms with van der Waals surface area (Å²) < 4.78 is 8.54. The van der Waals surface area contributed by atoms with Crippen LogP contribution in [0.5, 0.6) is 5.75 Å². The Kier molecular flexibility index (Phi) is 2.79. The van der Waals surface area contributed by atoms with Gasteiger partial charge in [-0.05, 0) is 18.2 Å². The zero-order valence-corrected chi connectivity index (χ0v) is 12.1.